The Labute approximate surface area is 160 Å². The second kappa shape index (κ2) is 6.63. The van der Waals surface area contributed by atoms with Crippen LogP contribution in [0, 0.1) is 0 Å². The normalized spacial score (nSPS) is 13.5. The van der Waals surface area contributed by atoms with E-state index in [4.69, 9.17) is 0 Å². The van der Waals surface area contributed by atoms with Crippen molar-refractivity contribution in [3.05, 3.63) is 64.9 Å². The van der Waals surface area contributed by atoms with Gasteiger partial charge in [-0.25, -0.2) is 4.98 Å². The summed E-state index contributed by atoms with van der Waals surface area (Å²) in [7, 11) is 0. The maximum atomic E-state index is 12.7. The summed E-state index contributed by atoms with van der Waals surface area (Å²) in [4.78, 5) is 24.9. The first-order chi connectivity index (χ1) is 13.3. The van der Waals surface area contributed by atoms with Crippen LogP contribution in [0.25, 0.3) is 22.2 Å². The highest BCUT2D eigenvalue weighted by atomic mass is 32.1. The molecular weight excluding hydrogens is 356 g/mol. The number of hydrogen-bond acceptors (Lipinski definition) is 4. The van der Waals surface area contributed by atoms with Gasteiger partial charge in [0.1, 0.15) is 0 Å². The van der Waals surface area contributed by atoms with E-state index in [1.54, 1.807) is 12.4 Å². The van der Waals surface area contributed by atoms with Crippen molar-refractivity contribution in [1.82, 2.24) is 15.0 Å². The summed E-state index contributed by atoms with van der Waals surface area (Å²) in [6.07, 6.45) is 8.13. The van der Waals surface area contributed by atoms with Gasteiger partial charge in [0.05, 0.1) is 5.69 Å². The zero-order chi connectivity index (χ0) is 18.2. The molecule has 0 unspecified atom stereocenters. The van der Waals surface area contributed by atoms with Gasteiger partial charge < -0.3 is 4.98 Å². The van der Waals surface area contributed by atoms with E-state index in [0.29, 0.717) is 10.7 Å². The third-order valence-corrected chi connectivity index (χ3v) is 5.80. The van der Waals surface area contributed by atoms with Crippen molar-refractivity contribution >= 4 is 33.3 Å². The van der Waals surface area contributed by atoms with Crippen molar-refractivity contribution in [1.29, 1.82) is 0 Å². The molecule has 6 heteroatoms. The summed E-state index contributed by atoms with van der Waals surface area (Å²) < 4.78 is 0. The van der Waals surface area contributed by atoms with Crippen LogP contribution in [0.4, 0.5) is 5.13 Å². The molecular formula is C21H18N4OS. The number of nitrogens with zero attached hydrogens (tertiary/aromatic N) is 2. The third kappa shape index (κ3) is 3.02. The molecule has 0 saturated carbocycles. The van der Waals surface area contributed by atoms with E-state index >= 15 is 0 Å². The molecule has 3 aromatic heterocycles. The van der Waals surface area contributed by atoms with Gasteiger partial charge in [0.2, 0.25) is 0 Å². The van der Waals surface area contributed by atoms with Gasteiger partial charge in [-0.15, -0.1) is 11.3 Å². The standard InChI is InChI=1S/C21H18N4OS/c26-20(25-21-24-19(12-27-21)14-4-3-9-22-11-14)13-7-8-18-16(10-13)15-5-1-2-6-17(15)23-18/h3-4,7-12,23H,1-2,5-6H2,(H,24,25,26). The molecule has 0 fully saturated rings. The average molecular weight is 374 g/mol. The molecule has 0 atom stereocenters. The predicted octanol–water partition coefficient (Wildman–Crippen LogP) is 4.82. The fraction of sp³-hybridized carbons (Fsp3) is 0.190. The Morgan fingerprint density at radius 2 is 2.11 bits per heavy atom. The zero-order valence-electron chi connectivity index (χ0n) is 14.7. The van der Waals surface area contributed by atoms with E-state index in [-0.39, 0.29) is 5.91 Å². The Kier molecular flexibility index (Phi) is 3.98. The molecule has 1 aliphatic carbocycles. The first kappa shape index (κ1) is 16.2. The number of thiazole rings is 1. The van der Waals surface area contributed by atoms with Crippen molar-refractivity contribution in [2.75, 3.05) is 5.32 Å². The average Bonchev–Trinajstić information content (AvgIpc) is 3.32. The maximum Gasteiger partial charge on any atom is 0.257 e. The largest absolute Gasteiger partial charge is 0.358 e. The van der Waals surface area contributed by atoms with Crippen LogP contribution in [0.5, 0.6) is 0 Å². The van der Waals surface area contributed by atoms with Crippen molar-refractivity contribution in [2.45, 2.75) is 25.7 Å². The van der Waals surface area contributed by atoms with E-state index in [2.05, 4.69) is 20.3 Å². The number of carbonyl (C=O) groups is 1. The molecule has 5 nitrogen and oxygen atoms in total. The molecule has 1 amide bonds. The highest BCUT2D eigenvalue weighted by Gasteiger charge is 2.17. The lowest BCUT2D eigenvalue weighted by atomic mass is 9.95. The van der Waals surface area contributed by atoms with Crippen molar-refractivity contribution < 1.29 is 4.79 Å². The van der Waals surface area contributed by atoms with Crippen LogP contribution in [0.2, 0.25) is 0 Å². The number of benzene rings is 1. The van der Waals surface area contributed by atoms with Gasteiger partial charge in [0.25, 0.3) is 5.91 Å². The van der Waals surface area contributed by atoms with Crippen molar-refractivity contribution in [3.63, 3.8) is 0 Å². The van der Waals surface area contributed by atoms with Gasteiger partial charge >= 0.3 is 0 Å². The molecule has 5 rings (SSSR count). The van der Waals surface area contributed by atoms with Crippen LogP contribution in [0.15, 0.2) is 48.1 Å². The second-order valence-electron chi connectivity index (χ2n) is 6.78. The minimum absolute atomic E-state index is 0.130. The molecule has 4 aromatic rings. The lowest BCUT2D eigenvalue weighted by Gasteiger charge is -2.10. The summed E-state index contributed by atoms with van der Waals surface area (Å²) in [5.41, 5.74) is 6.24. The quantitative estimate of drug-likeness (QED) is 0.540. The molecule has 0 radical (unpaired) electrons. The van der Waals surface area contributed by atoms with Gasteiger partial charge in [-0.1, -0.05) is 0 Å². The van der Waals surface area contributed by atoms with Crippen LogP contribution in [-0.2, 0) is 12.8 Å². The highest BCUT2D eigenvalue weighted by molar-refractivity contribution is 7.14. The molecule has 3 heterocycles. The number of pyridine rings is 1. The summed E-state index contributed by atoms with van der Waals surface area (Å²) in [6.45, 7) is 0. The molecule has 1 aromatic carbocycles. The van der Waals surface area contributed by atoms with Crippen molar-refractivity contribution in [2.24, 2.45) is 0 Å². The number of aromatic nitrogens is 3. The molecule has 134 valence electrons. The molecule has 27 heavy (non-hydrogen) atoms. The molecule has 1 aliphatic rings. The summed E-state index contributed by atoms with van der Waals surface area (Å²) in [5, 5.41) is 6.62. The highest BCUT2D eigenvalue weighted by Crippen LogP contribution is 2.30. The van der Waals surface area contributed by atoms with E-state index in [9.17, 15) is 4.79 Å². The van der Waals surface area contributed by atoms with E-state index in [1.165, 1.54) is 40.8 Å². The Morgan fingerprint density at radius 3 is 3.00 bits per heavy atom. The monoisotopic (exact) mass is 374 g/mol. The van der Waals surface area contributed by atoms with E-state index in [0.717, 1.165) is 29.6 Å². The fourth-order valence-corrected chi connectivity index (χ4v) is 4.41. The first-order valence-electron chi connectivity index (χ1n) is 9.09. The summed E-state index contributed by atoms with van der Waals surface area (Å²) in [5.74, 6) is -0.130. The number of aromatic amines is 1. The molecule has 0 saturated heterocycles. The number of amides is 1. The SMILES string of the molecule is O=C(Nc1nc(-c2cccnc2)cs1)c1ccc2[nH]c3c(c2c1)CCCC3. The van der Waals surface area contributed by atoms with Crippen LogP contribution >= 0.6 is 11.3 Å². The number of fused-ring (bicyclic) bond motifs is 3. The van der Waals surface area contributed by atoms with Crippen LogP contribution < -0.4 is 5.32 Å². The molecule has 0 aliphatic heterocycles. The molecule has 0 spiro atoms. The number of rotatable bonds is 3. The number of H-pyrrole nitrogens is 1. The Morgan fingerprint density at radius 1 is 1.19 bits per heavy atom. The predicted molar refractivity (Wildman–Crippen MR) is 108 cm³/mol. The van der Waals surface area contributed by atoms with Gasteiger partial charge in [0, 0.05) is 45.5 Å². The number of hydrogen-bond donors (Lipinski definition) is 2. The van der Waals surface area contributed by atoms with Gasteiger partial charge in [-0.3, -0.25) is 15.1 Å². The number of carbonyl (C=O) groups excluding carboxylic acids is 1. The van der Waals surface area contributed by atoms with Crippen LogP contribution in [0.1, 0.15) is 34.5 Å². The van der Waals surface area contributed by atoms with E-state index in [1.807, 2.05) is 35.7 Å². The third-order valence-electron chi connectivity index (χ3n) is 5.04. The topological polar surface area (TPSA) is 70.7 Å². The zero-order valence-corrected chi connectivity index (χ0v) is 15.5. The fourth-order valence-electron chi connectivity index (χ4n) is 3.69. The number of aryl methyl sites for hydroxylation is 2. The Balaban J connectivity index is 1.40. The van der Waals surface area contributed by atoms with Gasteiger partial charge in [0.15, 0.2) is 5.13 Å². The lowest BCUT2D eigenvalue weighted by molar-refractivity contribution is 0.102. The number of anilines is 1. The molecule has 0 bridgehead atoms. The minimum Gasteiger partial charge on any atom is -0.358 e. The smallest absolute Gasteiger partial charge is 0.257 e. The summed E-state index contributed by atoms with van der Waals surface area (Å²) in [6, 6.07) is 9.71. The van der Waals surface area contributed by atoms with E-state index < -0.39 is 0 Å². The number of nitrogens with one attached hydrogen (secondary N) is 2. The van der Waals surface area contributed by atoms with Gasteiger partial charge in [-0.2, -0.15) is 0 Å². The minimum atomic E-state index is -0.130. The Bertz CT molecular complexity index is 1130. The summed E-state index contributed by atoms with van der Waals surface area (Å²) >= 11 is 1.42. The van der Waals surface area contributed by atoms with Gasteiger partial charge in [-0.05, 0) is 61.6 Å². The maximum absolute atomic E-state index is 12.7. The lowest BCUT2D eigenvalue weighted by Crippen LogP contribution is -2.11. The second-order valence-corrected chi connectivity index (χ2v) is 7.64. The van der Waals surface area contributed by atoms with Crippen LogP contribution in [0.3, 0.4) is 0 Å². The first-order valence-corrected chi connectivity index (χ1v) is 9.97. The van der Waals surface area contributed by atoms with Crippen LogP contribution in [-0.4, -0.2) is 20.9 Å². The molecule has 2 N–H and O–H groups in total. The Hall–Kier alpha value is -2.99. The van der Waals surface area contributed by atoms with Crippen molar-refractivity contribution in [3.8, 4) is 11.3 Å².